The number of anilines is 1. The van der Waals surface area contributed by atoms with E-state index in [1.165, 1.54) is 6.07 Å². The van der Waals surface area contributed by atoms with Gasteiger partial charge in [-0.15, -0.1) is 0 Å². The standard InChI is InChI=1S/C20H26N2O4S/c1-5-20(4,24)13-21-19(23)16-7-6-8-17(12-16)22-27(25,26)18-11-14(2)9-10-15(18)3/h6-12,22,24H,5,13H2,1-4H3,(H,21,23)/t20-/m0/s1. The van der Waals surface area contributed by atoms with Crippen LogP contribution in [-0.2, 0) is 10.0 Å². The first-order chi connectivity index (χ1) is 12.5. The Bertz CT molecular complexity index is 937. The number of rotatable bonds is 7. The van der Waals surface area contributed by atoms with Gasteiger partial charge >= 0.3 is 0 Å². The summed E-state index contributed by atoms with van der Waals surface area (Å²) >= 11 is 0. The normalized spacial score (nSPS) is 13.7. The van der Waals surface area contributed by atoms with Crippen LogP contribution < -0.4 is 10.0 Å². The van der Waals surface area contributed by atoms with Crippen molar-refractivity contribution < 1.29 is 18.3 Å². The van der Waals surface area contributed by atoms with E-state index in [0.717, 1.165) is 5.56 Å². The van der Waals surface area contributed by atoms with Gasteiger partial charge in [-0.1, -0.05) is 25.1 Å². The highest BCUT2D eigenvalue weighted by atomic mass is 32.2. The Morgan fingerprint density at radius 2 is 1.85 bits per heavy atom. The molecule has 0 fully saturated rings. The minimum atomic E-state index is -3.77. The van der Waals surface area contributed by atoms with Crippen molar-refractivity contribution in [2.24, 2.45) is 0 Å². The predicted molar refractivity (Wildman–Crippen MR) is 106 cm³/mol. The number of sulfonamides is 1. The molecule has 0 unspecified atom stereocenters. The van der Waals surface area contributed by atoms with Gasteiger partial charge in [-0.2, -0.15) is 0 Å². The van der Waals surface area contributed by atoms with Crippen LogP contribution in [0.15, 0.2) is 47.4 Å². The molecule has 3 N–H and O–H groups in total. The Hall–Kier alpha value is -2.38. The summed E-state index contributed by atoms with van der Waals surface area (Å²) in [5.74, 6) is -0.378. The molecular weight excluding hydrogens is 364 g/mol. The number of carbonyl (C=O) groups excluding carboxylic acids is 1. The fourth-order valence-electron chi connectivity index (χ4n) is 2.43. The second kappa shape index (κ2) is 8.10. The van der Waals surface area contributed by atoms with Gasteiger partial charge in [-0.3, -0.25) is 9.52 Å². The third-order valence-electron chi connectivity index (χ3n) is 4.40. The summed E-state index contributed by atoms with van der Waals surface area (Å²) in [6.45, 7) is 7.14. The maximum atomic E-state index is 12.7. The number of amides is 1. The maximum Gasteiger partial charge on any atom is 0.262 e. The zero-order valence-corrected chi connectivity index (χ0v) is 16.9. The van der Waals surface area contributed by atoms with Gasteiger partial charge in [0.15, 0.2) is 0 Å². The minimum Gasteiger partial charge on any atom is -0.388 e. The van der Waals surface area contributed by atoms with E-state index >= 15 is 0 Å². The summed E-state index contributed by atoms with van der Waals surface area (Å²) in [4.78, 5) is 12.5. The van der Waals surface area contributed by atoms with Crippen molar-refractivity contribution in [3.8, 4) is 0 Å². The number of aryl methyl sites for hydroxylation is 2. The Balaban J connectivity index is 2.20. The molecule has 27 heavy (non-hydrogen) atoms. The summed E-state index contributed by atoms with van der Waals surface area (Å²) < 4.78 is 27.9. The van der Waals surface area contributed by atoms with Gasteiger partial charge in [0, 0.05) is 17.8 Å². The Labute approximate surface area is 160 Å². The number of nitrogens with one attached hydrogen (secondary N) is 2. The van der Waals surface area contributed by atoms with E-state index in [1.807, 2.05) is 19.9 Å². The quantitative estimate of drug-likeness (QED) is 0.677. The molecule has 2 aromatic rings. The Kier molecular flexibility index (Phi) is 6.28. The van der Waals surface area contributed by atoms with Gasteiger partial charge in [-0.25, -0.2) is 8.42 Å². The number of hydrogen-bond donors (Lipinski definition) is 3. The highest BCUT2D eigenvalue weighted by molar-refractivity contribution is 7.92. The molecule has 2 rings (SSSR count). The molecule has 0 spiro atoms. The molecule has 1 atom stereocenters. The van der Waals surface area contributed by atoms with Gasteiger partial charge < -0.3 is 10.4 Å². The third kappa shape index (κ3) is 5.55. The second-order valence-corrected chi connectivity index (χ2v) is 8.64. The molecule has 1 amide bonds. The molecule has 0 aliphatic rings. The van der Waals surface area contributed by atoms with E-state index in [9.17, 15) is 18.3 Å². The van der Waals surface area contributed by atoms with Crippen LogP contribution in [0.3, 0.4) is 0 Å². The highest BCUT2D eigenvalue weighted by Crippen LogP contribution is 2.21. The zero-order chi connectivity index (χ0) is 20.2. The van der Waals surface area contributed by atoms with Crippen LogP contribution in [0.2, 0.25) is 0 Å². The monoisotopic (exact) mass is 390 g/mol. The molecule has 0 radical (unpaired) electrons. The van der Waals surface area contributed by atoms with Crippen molar-refractivity contribution in [3.63, 3.8) is 0 Å². The van der Waals surface area contributed by atoms with Crippen LogP contribution in [0.4, 0.5) is 5.69 Å². The maximum absolute atomic E-state index is 12.7. The van der Waals surface area contributed by atoms with E-state index in [0.29, 0.717) is 23.2 Å². The lowest BCUT2D eigenvalue weighted by atomic mass is 10.0. The molecule has 146 valence electrons. The molecule has 0 aromatic heterocycles. The summed E-state index contributed by atoms with van der Waals surface area (Å²) in [7, 11) is -3.77. The van der Waals surface area contributed by atoms with Crippen LogP contribution in [0.25, 0.3) is 0 Å². The van der Waals surface area contributed by atoms with Gasteiger partial charge in [0.2, 0.25) is 0 Å². The van der Waals surface area contributed by atoms with Crippen molar-refractivity contribution in [2.45, 2.75) is 44.6 Å². The fourth-order valence-corrected chi connectivity index (χ4v) is 3.81. The lowest BCUT2D eigenvalue weighted by Crippen LogP contribution is -2.40. The van der Waals surface area contributed by atoms with E-state index < -0.39 is 15.6 Å². The minimum absolute atomic E-state index is 0.112. The molecule has 0 saturated heterocycles. The molecule has 0 bridgehead atoms. The molecule has 0 heterocycles. The first-order valence-corrected chi connectivity index (χ1v) is 10.2. The lowest BCUT2D eigenvalue weighted by molar-refractivity contribution is 0.0518. The van der Waals surface area contributed by atoms with E-state index in [2.05, 4.69) is 10.0 Å². The second-order valence-electron chi connectivity index (χ2n) is 6.99. The van der Waals surface area contributed by atoms with Crippen LogP contribution in [0, 0.1) is 13.8 Å². The van der Waals surface area contributed by atoms with Crippen LogP contribution in [0.5, 0.6) is 0 Å². The molecule has 2 aromatic carbocycles. The fraction of sp³-hybridized carbons (Fsp3) is 0.350. The van der Waals surface area contributed by atoms with E-state index in [1.54, 1.807) is 44.2 Å². The molecule has 7 heteroatoms. The topological polar surface area (TPSA) is 95.5 Å². The molecule has 0 aliphatic carbocycles. The van der Waals surface area contributed by atoms with E-state index in [4.69, 9.17) is 0 Å². The predicted octanol–water partition coefficient (Wildman–Crippen LogP) is 3.00. The van der Waals surface area contributed by atoms with Gasteiger partial charge in [0.25, 0.3) is 15.9 Å². The van der Waals surface area contributed by atoms with Crippen molar-refractivity contribution in [2.75, 3.05) is 11.3 Å². The van der Waals surface area contributed by atoms with Gasteiger partial charge in [0.05, 0.1) is 10.5 Å². The van der Waals surface area contributed by atoms with Gasteiger partial charge in [-0.05, 0) is 62.6 Å². The molecule has 0 saturated carbocycles. The largest absolute Gasteiger partial charge is 0.388 e. The lowest BCUT2D eigenvalue weighted by Gasteiger charge is -2.21. The van der Waals surface area contributed by atoms with Crippen LogP contribution in [0.1, 0.15) is 41.8 Å². The number of aliphatic hydroxyl groups is 1. The smallest absolute Gasteiger partial charge is 0.262 e. The molecule has 6 nitrogen and oxygen atoms in total. The van der Waals surface area contributed by atoms with Crippen molar-refractivity contribution >= 4 is 21.6 Å². The number of hydrogen-bond acceptors (Lipinski definition) is 4. The summed E-state index contributed by atoms with van der Waals surface area (Å²) in [6, 6.07) is 11.5. The third-order valence-corrected chi connectivity index (χ3v) is 5.92. The molecular formula is C20H26N2O4S. The number of carbonyl (C=O) groups is 1. The number of benzene rings is 2. The summed E-state index contributed by atoms with van der Waals surface area (Å²) in [6.07, 6.45) is 0.503. The van der Waals surface area contributed by atoms with Crippen LogP contribution >= 0.6 is 0 Å². The van der Waals surface area contributed by atoms with Gasteiger partial charge in [0.1, 0.15) is 0 Å². The van der Waals surface area contributed by atoms with Crippen molar-refractivity contribution in [1.82, 2.24) is 5.32 Å². The zero-order valence-electron chi connectivity index (χ0n) is 16.0. The molecule has 0 aliphatic heterocycles. The Morgan fingerprint density at radius 1 is 1.15 bits per heavy atom. The van der Waals surface area contributed by atoms with Crippen molar-refractivity contribution in [3.05, 3.63) is 59.2 Å². The Morgan fingerprint density at radius 3 is 2.52 bits per heavy atom. The highest BCUT2D eigenvalue weighted by Gasteiger charge is 2.20. The average Bonchev–Trinajstić information content (AvgIpc) is 2.61. The average molecular weight is 391 g/mol. The van der Waals surface area contributed by atoms with E-state index in [-0.39, 0.29) is 17.3 Å². The first kappa shape index (κ1) is 20.9. The van der Waals surface area contributed by atoms with Crippen molar-refractivity contribution in [1.29, 1.82) is 0 Å². The first-order valence-electron chi connectivity index (χ1n) is 8.75. The summed E-state index contributed by atoms with van der Waals surface area (Å²) in [5, 5.41) is 12.7. The summed E-state index contributed by atoms with van der Waals surface area (Å²) in [5.41, 5.74) is 1.10. The SMILES string of the molecule is CC[C@](C)(O)CNC(=O)c1cccc(NS(=O)(=O)c2cc(C)ccc2C)c1. The van der Waals surface area contributed by atoms with Crippen LogP contribution in [-0.4, -0.2) is 31.6 Å².